The number of benzene rings is 2. The summed E-state index contributed by atoms with van der Waals surface area (Å²) in [6.07, 6.45) is 4.01. The molecule has 2 aromatic carbocycles. The molecule has 2 N–H and O–H groups in total. The van der Waals surface area contributed by atoms with Gasteiger partial charge in [-0.05, 0) is 36.2 Å². The molecule has 1 amide bonds. The van der Waals surface area contributed by atoms with Gasteiger partial charge in [-0.3, -0.25) is 9.78 Å². The first-order valence-corrected chi connectivity index (χ1v) is 9.41. The summed E-state index contributed by atoms with van der Waals surface area (Å²) in [5.74, 6) is 1.49. The van der Waals surface area contributed by atoms with Crippen LogP contribution in [-0.4, -0.2) is 31.7 Å². The Morgan fingerprint density at radius 1 is 1.00 bits per heavy atom. The summed E-state index contributed by atoms with van der Waals surface area (Å²) in [7, 11) is 3.29. The van der Waals surface area contributed by atoms with Crippen LogP contribution in [0.5, 0.6) is 11.5 Å². The van der Waals surface area contributed by atoms with Gasteiger partial charge in [0.2, 0.25) is 0 Å². The molecular formula is C23H25N3O3. The lowest BCUT2D eigenvalue weighted by molar-refractivity contribution is 0.0954. The third-order valence-electron chi connectivity index (χ3n) is 4.53. The molecule has 0 radical (unpaired) electrons. The summed E-state index contributed by atoms with van der Waals surface area (Å²) in [5, 5.41) is 6.23. The number of anilines is 1. The predicted octanol–water partition coefficient (Wildman–Crippen LogP) is 3.68. The summed E-state index contributed by atoms with van der Waals surface area (Å²) in [5.41, 5.74) is 3.46. The molecule has 0 fully saturated rings. The maximum Gasteiger partial charge on any atom is 0.252 e. The van der Waals surface area contributed by atoms with Crippen molar-refractivity contribution in [3.8, 4) is 11.5 Å². The van der Waals surface area contributed by atoms with Gasteiger partial charge in [-0.2, -0.15) is 0 Å². The SMILES string of the molecule is COc1ccc(CCNC(=O)c2cncc(NCc3ccccc3OC)c2)cc1. The van der Waals surface area contributed by atoms with E-state index in [1.165, 1.54) is 0 Å². The van der Waals surface area contributed by atoms with E-state index in [9.17, 15) is 4.79 Å². The van der Waals surface area contributed by atoms with E-state index in [4.69, 9.17) is 9.47 Å². The molecule has 3 aromatic rings. The highest BCUT2D eigenvalue weighted by Gasteiger charge is 2.08. The first-order chi connectivity index (χ1) is 14.2. The largest absolute Gasteiger partial charge is 0.497 e. The van der Waals surface area contributed by atoms with Gasteiger partial charge in [0.1, 0.15) is 11.5 Å². The Balaban J connectivity index is 1.53. The fraction of sp³-hybridized carbons (Fsp3) is 0.217. The van der Waals surface area contributed by atoms with Gasteiger partial charge in [0.25, 0.3) is 5.91 Å². The molecule has 3 rings (SSSR count). The van der Waals surface area contributed by atoms with Crippen LogP contribution in [0.25, 0.3) is 0 Å². The van der Waals surface area contributed by atoms with Gasteiger partial charge in [-0.1, -0.05) is 30.3 Å². The number of carbonyl (C=O) groups is 1. The Morgan fingerprint density at radius 3 is 2.55 bits per heavy atom. The quantitative estimate of drug-likeness (QED) is 0.582. The van der Waals surface area contributed by atoms with Gasteiger partial charge in [-0.15, -0.1) is 0 Å². The minimum atomic E-state index is -0.146. The van der Waals surface area contributed by atoms with Crippen LogP contribution in [-0.2, 0) is 13.0 Å². The second-order valence-corrected chi connectivity index (χ2v) is 6.48. The van der Waals surface area contributed by atoms with Gasteiger partial charge >= 0.3 is 0 Å². The van der Waals surface area contributed by atoms with Crippen LogP contribution in [0.1, 0.15) is 21.5 Å². The smallest absolute Gasteiger partial charge is 0.252 e. The average molecular weight is 391 g/mol. The van der Waals surface area contributed by atoms with Crippen LogP contribution in [0.3, 0.4) is 0 Å². The lowest BCUT2D eigenvalue weighted by atomic mass is 10.1. The van der Waals surface area contributed by atoms with Crippen molar-refractivity contribution in [3.05, 3.63) is 83.7 Å². The number of aromatic nitrogens is 1. The molecule has 6 nitrogen and oxygen atoms in total. The van der Waals surface area contributed by atoms with Crippen molar-refractivity contribution in [2.24, 2.45) is 0 Å². The van der Waals surface area contributed by atoms with E-state index in [2.05, 4.69) is 15.6 Å². The lowest BCUT2D eigenvalue weighted by Crippen LogP contribution is -2.25. The minimum Gasteiger partial charge on any atom is -0.497 e. The predicted molar refractivity (Wildman–Crippen MR) is 114 cm³/mol. The van der Waals surface area contributed by atoms with E-state index < -0.39 is 0 Å². The second kappa shape index (κ2) is 10.1. The highest BCUT2D eigenvalue weighted by molar-refractivity contribution is 5.94. The number of pyridine rings is 1. The summed E-state index contributed by atoms with van der Waals surface area (Å²) < 4.78 is 10.5. The van der Waals surface area contributed by atoms with Crippen LogP contribution in [0.2, 0.25) is 0 Å². The molecule has 6 heteroatoms. The maximum absolute atomic E-state index is 12.4. The van der Waals surface area contributed by atoms with E-state index in [1.54, 1.807) is 32.7 Å². The van der Waals surface area contributed by atoms with E-state index in [0.717, 1.165) is 34.7 Å². The zero-order valence-corrected chi connectivity index (χ0v) is 16.6. The Bertz CT molecular complexity index is 942. The normalized spacial score (nSPS) is 10.3. The summed E-state index contributed by atoms with van der Waals surface area (Å²) in [6, 6.07) is 17.4. The fourth-order valence-corrected chi connectivity index (χ4v) is 2.92. The number of rotatable bonds is 9. The van der Waals surface area contributed by atoms with Crippen LogP contribution in [0.15, 0.2) is 67.0 Å². The highest BCUT2D eigenvalue weighted by atomic mass is 16.5. The number of amides is 1. The van der Waals surface area contributed by atoms with Gasteiger partial charge in [0.05, 0.1) is 25.5 Å². The van der Waals surface area contributed by atoms with Crippen molar-refractivity contribution in [2.45, 2.75) is 13.0 Å². The van der Waals surface area contributed by atoms with Crippen LogP contribution in [0.4, 0.5) is 5.69 Å². The molecule has 0 aliphatic carbocycles. The van der Waals surface area contributed by atoms with Gasteiger partial charge in [0, 0.05) is 31.0 Å². The number of methoxy groups -OCH3 is 2. The summed E-state index contributed by atoms with van der Waals surface area (Å²) in [4.78, 5) is 16.6. The lowest BCUT2D eigenvalue weighted by Gasteiger charge is -2.11. The fourth-order valence-electron chi connectivity index (χ4n) is 2.92. The molecule has 0 unspecified atom stereocenters. The monoisotopic (exact) mass is 391 g/mol. The Labute approximate surface area is 170 Å². The third-order valence-corrected chi connectivity index (χ3v) is 4.53. The Kier molecular flexibility index (Phi) is 7.05. The molecule has 0 bridgehead atoms. The molecule has 1 aromatic heterocycles. The molecule has 0 spiro atoms. The standard InChI is InChI=1S/C23H25N3O3/c1-28-21-9-7-17(8-10-21)11-12-25-23(27)19-13-20(16-24-14-19)26-15-18-5-3-4-6-22(18)29-2/h3-10,13-14,16,26H,11-12,15H2,1-2H3,(H,25,27). The second-order valence-electron chi connectivity index (χ2n) is 6.48. The molecule has 29 heavy (non-hydrogen) atoms. The molecule has 1 heterocycles. The van der Waals surface area contributed by atoms with E-state index in [1.807, 2.05) is 48.5 Å². The van der Waals surface area contributed by atoms with Crippen molar-refractivity contribution in [1.82, 2.24) is 10.3 Å². The van der Waals surface area contributed by atoms with Crippen molar-refractivity contribution < 1.29 is 14.3 Å². The number of para-hydroxylation sites is 1. The zero-order chi connectivity index (χ0) is 20.5. The van der Waals surface area contributed by atoms with Crippen molar-refractivity contribution >= 4 is 11.6 Å². The molecule has 0 aliphatic heterocycles. The van der Waals surface area contributed by atoms with Crippen LogP contribution >= 0.6 is 0 Å². The molecular weight excluding hydrogens is 366 g/mol. The molecule has 0 aliphatic rings. The number of carbonyl (C=O) groups excluding carboxylic acids is 1. The van der Waals surface area contributed by atoms with Crippen LogP contribution < -0.4 is 20.1 Å². The number of hydrogen-bond donors (Lipinski definition) is 2. The minimum absolute atomic E-state index is 0.146. The molecule has 0 saturated heterocycles. The highest BCUT2D eigenvalue weighted by Crippen LogP contribution is 2.19. The summed E-state index contributed by atoms with van der Waals surface area (Å²) in [6.45, 7) is 1.12. The van der Waals surface area contributed by atoms with Crippen LogP contribution in [0, 0.1) is 0 Å². The van der Waals surface area contributed by atoms with Crippen molar-refractivity contribution in [3.63, 3.8) is 0 Å². The van der Waals surface area contributed by atoms with E-state index in [-0.39, 0.29) is 5.91 Å². The number of nitrogens with one attached hydrogen (secondary N) is 2. The Morgan fingerprint density at radius 2 is 1.79 bits per heavy atom. The number of ether oxygens (including phenoxy) is 2. The first kappa shape index (κ1) is 20.2. The van der Waals surface area contributed by atoms with Crippen molar-refractivity contribution in [2.75, 3.05) is 26.1 Å². The van der Waals surface area contributed by atoms with E-state index >= 15 is 0 Å². The summed E-state index contributed by atoms with van der Waals surface area (Å²) >= 11 is 0. The van der Waals surface area contributed by atoms with Gasteiger partial charge < -0.3 is 20.1 Å². The first-order valence-electron chi connectivity index (χ1n) is 9.41. The average Bonchev–Trinajstić information content (AvgIpc) is 2.78. The molecule has 0 saturated carbocycles. The molecule has 150 valence electrons. The van der Waals surface area contributed by atoms with Gasteiger partial charge in [0.15, 0.2) is 0 Å². The topological polar surface area (TPSA) is 72.5 Å². The van der Waals surface area contributed by atoms with Gasteiger partial charge in [-0.25, -0.2) is 0 Å². The Hall–Kier alpha value is -3.54. The van der Waals surface area contributed by atoms with E-state index in [0.29, 0.717) is 18.7 Å². The zero-order valence-electron chi connectivity index (χ0n) is 16.6. The third kappa shape index (κ3) is 5.72. The number of nitrogens with zero attached hydrogens (tertiary/aromatic N) is 1. The maximum atomic E-state index is 12.4. The number of hydrogen-bond acceptors (Lipinski definition) is 5. The molecule has 0 atom stereocenters. The van der Waals surface area contributed by atoms with Crippen molar-refractivity contribution in [1.29, 1.82) is 0 Å².